The molecule has 0 aliphatic carbocycles. The predicted molar refractivity (Wildman–Crippen MR) is 127 cm³/mol. The molecule has 1 aliphatic rings. The number of thioether (sulfide) groups is 1. The van der Waals surface area contributed by atoms with Crippen molar-refractivity contribution in [1.29, 1.82) is 0 Å². The minimum atomic E-state index is -3.68. The lowest BCUT2D eigenvalue weighted by Crippen LogP contribution is -2.44. The molecule has 1 saturated heterocycles. The summed E-state index contributed by atoms with van der Waals surface area (Å²) in [5.41, 5.74) is 0.373. The number of aromatic nitrogens is 2. The van der Waals surface area contributed by atoms with Crippen molar-refractivity contribution in [3.8, 4) is 0 Å². The summed E-state index contributed by atoms with van der Waals surface area (Å²) in [5.74, 6) is 0.455. The van der Waals surface area contributed by atoms with Gasteiger partial charge in [0.25, 0.3) is 0 Å². The highest BCUT2D eigenvalue weighted by molar-refractivity contribution is 8.01. The Kier molecular flexibility index (Phi) is 8.62. The summed E-state index contributed by atoms with van der Waals surface area (Å²) in [7, 11) is -3.68. The van der Waals surface area contributed by atoms with Crippen molar-refractivity contribution in [2.75, 3.05) is 24.2 Å². The van der Waals surface area contributed by atoms with Gasteiger partial charge in [-0.2, -0.15) is 0 Å². The van der Waals surface area contributed by atoms with Gasteiger partial charge in [0.05, 0.1) is 11.7 Å². The first-order valence-electron chi connectivity index (χ1n) is 9.83. The number of nitrogens with one attached hydrogen (secondary N) is 1. The quantitative estimate of drug-likeness (QED) is 0.396. The van der Waals surface area contributed by atoms with E-state index in [4.69, 9.17) is 23.2 Å². The monoisotopic (exact) mass is 522 g/mol. The molecule has 1 atom stereocenters. The van der Waals surface area contributed by atoms with Crippen LogP contribution in [0.5, 0.6) is 0 Å². The number of nitrogens with zero attached hydrogens (tertiary/aromatic N) is 3. The van der Waals surface area contributed by atoms with E-state index in [1.165, 1.54) is 15.6 Å². The lowest BCUT2D eigenvalue weighted by molar-refractivity contribution is -0.120. The van der Waals surface area contributed by atoms with E-state index < -0.39 is 15.9 Å². The van der Waals surface area contributed by atoms with Gasteiger partial charge in [-0.3, -0.25) is 4.79 Å². The average Bonchev–Trinajstić information content (AvgIpc) is 3.17. The van der Waals surface area contributed by atoms with E-state index in [0.29, 0.717) is 46.0 Å². The highest BCUT2D eigenvalue weighted by Gasteiger charge is 2.33. The number of carbonyl (C=O) groups is 1. The fourth-order valence-electron chi connectivity index (χ4n) is 3.12. The van der Waals surface area contributed by atoms with Crippen LogP contribution in [0.25, 0.3) is 0 Å². The molecule has 2 heterocycles. The molecule has 12 heteroatoms. The van der Waals surface area contributed by atoms with Gasteiger partial charge in [0.2, 0.25) is 21.1 Å². The summed E-state index contributed by atoms with van der Waals surface area (Å²) in [6, 6.07) is 4.89. The van der Waals surface area contributed by atoms with Gasteiger partial charge in [-0.05, 0) is 30.9 Å². The van der Waals surface area contributed by atoms with Crippen LogP contribution in [0.4, 0.5) is 5.13 Å². The Bertz CT molecular complexity index is 1010. The molecule has 7 nitrogen and oxygen atoms in total. The lowest BCUT2D eigenvalue weighted by atomic mass is 9.99. The average molecular weight is 524 g/mol. The Morgan fingerprint density at radius 2 is 2.03 bits per heavy atom. The molecule has 170 valence electrons. The summed E-state index contributed by atoms with van der Waals surface area (Å²) >= 11 is 15.2. The van der Waals surface area contributed by atoms with Gasteiger partial charge in [0, 0.05) is 34.5 Å². The van der Waals surface area contributed by atoms with Gasteiger partial charge in [-0.1, -0.05) is 66.2 Å². The van der Waals surface area contributed by atoms with Crippen LogP contribution in [0.15, 0.2) is 22.5 Å². The van der Waals surface area contributed by atoms with E-state index in [0.717, 1.165) is 10.1 Å². The number of amides is 1. The number of carbonyl (C=O) groups excluding carboxylic acids is 1. The molecule has 1 amide bonds. The number of rotatable bonds is 8. The zero-order chi connectivity index (χ0) is 22.6. The summed E-state index contributed by atoms with van der Waals surface area (Å²) in [6.07, 6.45) is 1.21. The smallest absolute Gasteiger partial charge is 0.230 e. The van der Waals surface area contributed by atoms with E-state index in [1.807, 2.05) is 0 Å². The van der Waals surface area contributed by atoms with Crippen molar-refractivity contribution in [3.05, 3.63) is 33.8 Å². The van der Waals surface area contributed by atoms with Crippen molar-refractivity contribution in [1.82, 2.24) is 14.5 Å². The largest absolute Gasteiger partial charge is 0.300 e. The minimum absolute atomic E-state index is 0.115. The van der Waals surface area contributed by atoms with E-state index in [9.17, 15) is 13.2 Å². The van der Waals surface area contributed by atoms with Crippen molar-refractivity contribution >= 4 is 67.4 Å². The number of sulfonamides is 1. The fourth-order valence-corrected chi connectivity index (χ4v) is 7.21. The third-order valence-electron chi connectivity index (χ3n) is 4.71. The third kappa shape index (κ3) is 6.79. The van der Waals surface area contributed by atoms with Crippen LogP contribution < -0.4 is 5.32 Å². The third-order valence-corrected chi connectivity index (χ3v) is 9.59. The summed E-state index contributed by atoms with van der Waals surface area (Å²) < 4.78 is 28.1. The molecule has 1 aliphatic heterocycles. The summed E-state index contributed by atoms with van der Waals surface area (Å²) in [4.78, 5) is 12.7. The van der Waals surface area contributed by atoms with Gasteiger partial charge in [0.15, 0.2) is 4.34 Å². The van der Waals surface area contributed by atoms with Crippen LogP contribution in [0.3, 0.4) is 0 Å². The highest BCUT2D eigenvalue weighted by Crippen LogP contribution is 2.30. The zero-order valence-electron chi connectivity index (χ0n) is 17.2. The van der Waals surface area contributed by atoms with Crippen LogP contribution in [0.2, 0.25) is 10.0 Å². The van der Waals surface area contributed by atoms with E-state index >= 15 is 0 Å². The minimum Gasteiger partial charge on any atom is -0.300 e. The lowest BCUT2D eigenvalue weighted by Gasteiger charge is -2.31. The Hall–Kier alpha value is -0.910. The number of hydrogen-bond acceptors (Lipinski definition) is 7. The second kappa shape index (κ2) is 10.8. The van der Waals surface area contributed by atoms with Crippen LogP contribution >= 0.6 is 46.3 Å². The zero-order valence-corrected chi connectivity index (χ0v) is 21.1. The summed E-state index contributed by atoms with van der Waals surface area (Å²) in [5, 5.41) is 12.0. The SMILES string of the molecule is CC(C)CSc1nnc(NC(=O)C2CCCN(S(=O)(=O)Cc3c(Cl)cccc3Cl)C2)s1. The molecule has 0 radical (unpaired) electrons. The maximum atomic E-state index is 13.0. The molecule has 2 aromatic rings. The Morgan fingerprint density at radius 1 is 1.32 bits per heavy atom. The molecule has 1 N–H and O–H groups in total. The second-order valence-electron chi connectivity index (χ2n) is 7.72. The molecule has 1 aromatic carbocycles. The van der Waals surface area contributed by atoms with Gasteiger partial charge >= 0.3 is 0 Å². The van der Waals surface area contributed by atoms with Gasteiger partial charge in [-0.15, -0.1) is 10.2 Å². The molecule has 1 aromatic heterocycles. The molecule has 0 saturated carbocycles. The number of anilines is 1. The van der Waals surface area contributed by atoms with E-state index in [2.05, 4.69) is 29.4 Å². The molecular formula is C19H24Cl2N4O3S3. The first-order chi connectivity index (χ1) is 14.7. The van der Waals surface area contributed by atoms with Crippen LogP contribution in [0, 0.1) is 11.8 Å². The van der Waals surface area contributed by atoms with Gasteiger partial charge in [0.1, 0.15) is 0 Å². The van der Waals surface area contributed by atoms with Crippen LogP contribution in [-0.2, 0) is 20.6 Å². The van der Waals surface area contributed by atoms with Gasteiger partial charge in [-0.25, -0.2) is 12.7 Å². The van der Waals surface area contributed by atoms with E-state index in [-0.39, 0.29) is 18.2 Å². The number of halogens is 2. The maximum absolute atomic E-state index is 13.0. The first kappa shape index (κ1) is 24.7. The Morgan fingerprint density at radius 3 is 2.71 bits per heavy atom. The topological polar surface area (TPSA) is 92.3 Å². The van der Waals surface area contributed by atoms with Crippen molar-refractivity contribution in [2.24, 2.45) is 11.8 Å². The molecule has 0 bridgehead atoms. The van der Waals surface area contributed by atoms with E-state index in [1.54, 1.807) is 30.0 Å². The van der Waals surface area contributed by atoms with Crippen LogP contribution in [-0.4, -0.2) is 47.7 Å². The van der Waals surface area contributed by atoms with Crippen molar-refractivity contribution in [3.63, 3.8) is 0 Å². The number of piperidine rings is 1. The molecule has 3 rings (SSSR count). The standard InChI is InChI=1S/C19H24Cl2N4O3S3/c1-12(2)10-29-19-24-23-18(30-19)22-17(26)13-5-4-8-25(9-13)31(27,28)11-14-15(20)6-3-7-16(14)21/h3,6-7,12-13H,4-5,8-11H2,1-2H3,(H,22,23,26). The molecular weight excluding hydrogens is 499 g/mol. The number of benzene rings is 1. The molecule has 31 heavy (non-hydrogen) atoms. The Balaban J connectivity index is 1.62. The first-order valence-corrected chi connectivity index (χ1v) is 14.0. The fraction of sp³-hybridized carbons (Fsp3) is 0.526. The predicted octanol–water partition coefficient (Wildman–Crippen LogP) is 4.77. The highest BCUT2D eigenvalue weighted by atomic mass is 35.5. The normalized spacial score (nSPS) is 17.8. The summed E-state index contributed by atoms with van der Waals surface area (Å²) in [6.45, 7) is 4.73. The second-order valence-corrected chi connectivity index (χ2v) is 12.7. The molecule has 0 spiro atoms. The molecule has 1 fully saturated rings. The maximum Gasteiger partial charge on any atom is 0.230 e. The molecule has 1 unspecified atom stereocenters. The van der Waals surface area contributed by atoms with Crippen molar-refractivity contribution < 1.29 is 13.2 Å². The number of hydrogen-bond donors (Lipinski definition) is 1. The van der Waals surface area contributed by atoms with Crippen molar-refractivity contribution in [2.45, 2.75) is 36.8 Å². The van der Waals surface area contributed by atoms with Crippen LogP contribution in [0.1, 0.15) is 32.3 Å². The Labute approximate surface area is 201 Å². The van der Waals surface area contributed by atoms with Gasteiger partial charge < -0.3 is 5.32 Å².